The zero-order valence-electron chi connectivity index (χ0n) is 16.1. The highest BCUT2D eigenvalue weighted by Crippen LogP contribution is 2.16. The van der Waals surface area contributed by atoms with Gasteiger partial charge >= 0.3 is 0 Å². The van der Waals surface area contributed by atoms with E-state index in [1.165, 1.54) is 89.9 Å². The molecule has 0 aliphatic rings. The molecule has 0 unspecified atom stereocenters. The van der Waals surface area contributed by atoms with Gasteiger partial charge in [0.2, 0.25) is 7.38 Å². The van der Waals surface area contributed by atoms with E-state index in [1.54, 1.807) is 0 Å². The third kappa shape index (κ3) is 16.8. The van der Waals surface area contributed by atoms with E-state index >= 15 is 0 Å². The molecule has 0 amide bonds. The molecule has 138 valence electrons. The lowest BCUT2D eigenvalue weighted by Gasteiger charge is -2.10. The molecule has 0 aromatic carbocycles. The van der Waals surface area contributed by atoms with E-state index in [1.807, 2.05) is 13.1 Å². The maximum atomic E-state index is 11.7. The Kier molecular flexibility index (Phi) is 15.8. The molecule has 0 heterocycles. The van der Waals surface area contributed by atoms with Crippen molar-refractivity contribution in [3.05, 3.63) is 0 Å². The van der Waals surface area contributed by atoms with E-state index in [0.29, 0.717) is 11.8 Å². The number of carbonyl (C=O) groups excluding carboxylic acids is 1. The fourth-order valence-corrected chi connectivity index (χ4v) is 4.01. The Morgan fingerprint density at radius 2 is 0.957 bits per heavy atom. The van der Waals surface area contributed by atoms with E-state index in [-0.39, 0.29) is 0 Å². The summed E-state index contributed by atoms with van der Waals surface area (Å²) >= 11 is 6.14. The SMILES string of the molecule is CCCCCCCCCCCCCCCCCC(=O)[Si](C)(C)Cl. The predicted molar refractivity (Wildman–Crippen MR) is 108 cm³/mol. The standard InChI is InChI=1S/C20H41ClOSi/c1-4-5-6-7-8-9-10-11-12-13-14-15-16-17-18-19-20(22)23(2,3)21/h4-19H2,1-3H3. The third-order valence-corrected chi connectivity index (χ3v) is 6.88. The van der Waals surface area contributed by atoms with Crippen molar-refractivity contribution >= 4 is 23.9 Å². The molecule has 0 spiro atoms. The summed E-state index contributed by atoms with van der Waals surface area (Å²) in [4.78, 5) is 11.7. The molecule has 0 fully saturated rings. The first-order valence-corrected chi connectivity index (χ1v) is 14.2. The Morgan fingerprint density at radius 1 is 0.652 bits per heavy atom. The minimum absolute atomic E-state index is 0.328. The van der Waals surface area contributed by atoms with Gasteiger partial charge < -0.3 is 4.79 Å². The van der Waals surface area contributed by atoms with E-state index in [0.717, 1.165) is 6.42 Å². The highest BCUT2D eigenvalue weighted by atomic mass is 35.6. The van der Waals surface area contributed by atoms with Gasteiger partial charge in [0.1, 0.15) is 5.41 Å². The van der Waals surface area contributed by atoms with Crippen LogP contribution in [0.1, 0.15) is 110 Å². The molecule has 0 saturated heterocycles. The number of hydrogen-bond acceptors (Lipinski definition) is 1. The zero-order chi connectivity index (χ0) is 17.4. The molecule has 0 rings (SSSR count). The lowest BCUT2D eigenvalue weighted by atomic mass is 10.0. The van der Waals surface area contributed by atoms with Gasteiger partial charge in [0.25, 0.3) is 0 Å². The highest BCUT2D eigenvalue weighted by molar-refractivity contribution is 7.34. The third-order valence-electron chi connectivity index (χ3n) is 4.67. The van der Waals surface area contributed by atoms with E-state index < -0.39 is 7.38 Å². The van der Waals surface area contributed by atoms with Gasteiger partial charge in [0, 0.05) is 6.42 Å². The molecule has 0 aromatic rings. The molecule has 0 radical (unpaired) electrons. The van der Waals surface area contributed by atoms with Gasteiger partial charge in [-0.25, -0.2) is 0 Å². The topological polar surface area (TPSA) is 17.1 Å². The van der Waals surface area contributed by atoms with Crippen molar-refractivity contribution < 1.29 is 4.79 Å². The normalized spacial score (nSPS) is 11.8. The van der Waals surface area contributed by atoms with Crippen LogP contribution in [-0.4, -0.2) is 12.8 Å². The van der Waals surface area contributed by atoms with Crippen molar-refractivity contribution in [2.45, 2.75) is 123 Å². The van der Waals surface area contributed by atoms with Crippen LogP contribution in [0.4, 0.5) is 0 Å². The van der Waals surface area contributed by atoms with Gasteiger partial charge in [-0.2, -0.15) is 11.1 Å². The van der Waals surface area contributed by atoms with Crippen LogP contribution in [0.25, 0.3) is 0 Å². The van der Waals surface area contributed by atoms with Crippen molar-refractivity contribution in [2.24, 2.45) is 0 Å². The summed E-state index contributed by atoms with van der Waals surface area (Å²) < 4.78 is 0. The Hall–Kier alpha value is 0.177. The zero-order valence-corrected chi connectivity index (χ0v) is 17.9. The van der Waals surface area contributed by atoms with Crippen LogP contribution in [0.2, 0.25) is 13.1 Å². The molecular weight excluding hydrogens is 320 g/mol. The van der Waals surface area contributed by atoms with Crippen molar-refractivity contribution in [3.63, 3.8) is 0 Å². The molecule has 0 aliphatic carbocycles. The smallest absolute Gasteiger partial charge is 0.223 e. The number of unbranched alkanes of at least 4 members (excludes halogenated alkanes) is 14. The first-order valence-electron chi connectivity index (χ1n) is 10.2. The van der Waals surface area contributed by atoms with Gasteiger partial charge in [-0.1, -0.05) is 96.8 Å². The molecule has 0 bridgehead atoms. The molecule has 0 aromatic heterocycles. The van der Waals surface area contributed by atoms with Crippen LogP contribution in [-0.2, 0) is 4.79 Å². The Balaban J connectivity index is 3.12. The van der Waals surface area contributed by atoms with Gasteiger partial charge in [-0.05, 0) is 19.5 Å². The molecule has 3 heteroatoms. The van der Waals surface area contributed by atoms with Gasteiger partial charge in [-0.15, -0.1) is 0 Å². The number of halogens is 1. The van der Waals surface area contributed by atoms with Crippen LogP contribution < -0.4 is 0 Å². The first-order chi connectivity index (χ1) is 11.0. The van der Waals surface area contributed by atoms with E-state index in [9.17, 15) is 4.79 Å². The Morgan fingerprint density at radius 3 is 1.26 bits per heavy atom. The minimum atomic E-state index is -2.03. The van der Waals surface area contributed by atoms with Crippen LogP contribution >= 0.6 is 11.1 Å². The molecule has 0 saturated carbocycles. The molecule has 0 N–H and O–H groups in total. The first kappa shape index (κ1) is 23.2. The van der Waals surface area contributed by atoms with Crippen molar-refractivity contribution in [2.75, 3.05) is 0 Å². The summed E-state index contributed by atoms with van der Waals surface area (Å²) in [7, 11) is -2.03. The number of carbonyl (C=O) groups is 1. The summed E-state index contributed by atoms with van der Waals surface area (Å²) in [6.07, 6.45) is 21.2. The summed E-state index contributed by atoms with van der Waals surface area (Å²) in [5, 5.41) is 0.328. The lowest BCUT2D eigenvalue weighted by Crippen LogP contribution is -2.30. The number of rotatable bonds is 17. The summed E-state index contributed by atoms with van der Waals surface area (Å²) in [6, 6.07) is 0. The van der Waals surface area contributed by atoms with Gasteiger partial charge in [0.15, 0.2) is 0 Å². The highest BCUT2D eigenvalue weighted by Gasteiger charge is 2.26. The quantitative estimate of drug-likeness (QED) is 0.147. The molecular formula is C20H41ClOSi. The maximum absolute atomic E-state index is 11.7. The second-order valence-corrected chi connectivity index (χ2v) is 13.9. The average molecular weight is 361 g/mol. The Labute approximate surface area is 151 Å². The monoisotopic (exact) mass is 360 g/mol. The lowest BCUT2D eigenvalue weighted by molar-refractivity contribution is -0.112. The summed E-state index contributed by atoms with van der Waals surface area (Å²) in [6.45, 7) is 6.14. The van der Waals surface area contributed by atoms with Gasteiger partial charge in [-0.3, -0.25) is 0 Å². The maximum Gasteiger partial charge on any atom is 0.223 e. The molecule has 1 nitrogen and oxygen atoms in total. The fourth-order valence-electron chi connectivity index (χ4n) is 2.95. The summed E-state index contributed by atoms with van der Waals surface area (Å²) in [5.41, 5.74) is 0. The van der Waals surface area contributed by atoms with Crippen molar-refractivity contribution in [1.82, 2.24) is 0 Å². The van der Waals surface area contributed by atoms with Crippen LogP contribution in [0.5, 0.6) is 0 Å². The van der Waals surface area contributed by atoms with E-state index in [4.69, 9.17) is 11.1 Å². The average Bonchev–Trinajstić information content (AvgIpc) is 2.50. The van der Waals surface area contributed by atoms with Crippen LogP contribution in [0.3, 0.4) is 0 Å². The molecule has 0 aliphatic heterocycles. The van der Waals surface area contributed by atoms with Crippen LogP contribution in [0.15, 0.2) is 0 Å². The molecule has 0 atom stereocenters. The molecule has 23 heavy (non-hydrogen) atoms. The van der Waals surface area contributed by atoms with Gasteiger partial charge in [0.05, 0.1) is 0 Å². The Bertz CT molecular complexity index is 273. The second kappa shape index (κ2) is 15.7. The minimum Gasteiger partial charge on any atom is -0.304 e. The fraction of sp³-hybridized carbons (Fsp3) is 0.950. The van der Waals surface area contributed by atoms with Crippen LogP contribution in [0, 0.1) is 0 Å². The number of hydrogen-bond donors (Lipinski definition) is 0. The van der Waals surface area contributed by atoms with E-state index in [2.05, 4.69) is 6.92 Å². The predicted octanol–water partition coefficient (Wildman–Crippen LogP) is 7.80. The second-order valence-electron chi connectivity index (χ2n) is 7.60. The largest absolute Gasteiger partial charge is 0.304 e. The van der Waals surface area contributed by atoms with Crippen molar-refractivity contribution in [3.8, 4) is 0 Å². The van der Waals surface area contributed by atoms with Crippen molar-refractivity contribution in [1.29, 1.82) is 0 Å². The summed E-state index contributed by atoms with van der Waals surface area (Å²) in [5.74, 6) is 0.